The molecule has 0 aliphatic rings. The van der Waals surface area contributed by atoms with Crippen LogP contribution in [-0.2, 0) is 6.42 Å². The quantitative estimate of drug-likeness (QED) is 0.729. The summed E-state index contributed by atoms with van der Waals surface area (Å²) in [6.45, 7) is 5.59. The van der Waals surface area contributed by atoms with Crippen LogP contribution in [0.25, 0.3) is 0 Å². The van der Waals surface area contributed by atoms with E-state index in [0.29, 0.717) is 6.04 Å². The van der Waals surface area contributed by atoms with Gasteiger partial charge in [0.25, 0.3) is 0 Å². The first-order valence-corrected chi connectivity index (χ1v) is 5.64. The van der Waals surface area contributed by atoms with Gasteiger partial charge in [0.2, 0.25) is 0 Å². The van der Waals surface area contributed by atoms with Crippen LogP contribution < -0.4 is 5.32 Å². The zero-order valence-corrected chi connectivity index (χ0v) is 9.29. The van der Waals surface area contributed by atoms with Crippen LogP contribution in [0.4, 0.5) is 0 Å². The van der Waals surface area contributed by atoms with E-state index < -0.39 is 0 Å². The maximum Gasteiger partial charge on any atom is 0.0105 e. The number of hydrogen-bond acceptors (Lipinski definition) is 1. The summed E-state index contributed by atoms with van der Waals surface area (Å²) in [4.78, 5) is 0. The van der Waals surface area contributed by atoms with E-state index in [2.05, 4.69) is 49.5 Å². The lowest BCUT2D eigenvalue weighted by Crippen LogP contribution is -2.31. The zero-order valence-electron chi connectivity index (χ0n) is 9.29. The molecule has 0 heterocycles. The molecule has 0 aliphatic carbocycles. The lowest BCUT2D eigenvalue weighted by Gasteiger charge is -2.16. The van der Waals surface area contributed by atoms with E-state index in [1.54, 1.807) is 0 Å². The molecule has 0 spiro atoms. The number of nitrogens with one attached hydrogen (secondary N) is 1. The van der Waals surface area contributed by atoms with E-state index in [9.17, 15) is 0 Å². The number of rotatable bonds is 6. The average Bonchev–Trinajstić information content (AvgIpc) is 2.25. The molecule has 0 saturated carbocycles. The summed E-state index contributed by atoms with van der Waals surface area (Å²) in [5.41, 5.74) is 1.43. The van der Waals surface area contributed by atoms with Crippen molar-refractivity contribution in [2.45, 2.75) is 39.2 Å². The van der Waals surface area contributed by atoms with Gasteiger partial charge >= 0.3 is 0 Å². The van der Waals surface area contributed by atoms with Gasteiger partial charge in [0.15, 0.2) is 0 Å². The molecule has 0 radical (unpaired) electrons. The molecule has 0 amide bonds. The van der Waals surface area contributed by atoms with Gasteiger partial charge in [-0.15, -0.1) is 0 Å². The molecule has 0 bridgehead atoms. The Labute approximate surface area is 87.5 Å². The molecule has 0 aliphatic heterocycles. The van der Waals surface area contributed by atoms with E-state index in [0.717, 1.165) is 13.0 Å². The summed E-state index contributed by atoms with van der Waals surface area (Å²) in [5.74, 6) is 0. The van der Waals surface area contributed by atoms with Gasteiger partial charge in [-0.2, -0.15) is 0 Å². The minimum absolute atomic E-state index is 0.636. The van der Waals surface area contributed by atoms with Crippen LogP contribution in [0, 0.1) is 0 Å². The Morgan fingerprint density at radius 3 is 2.43 bits per heavy atom. The standard InChI is InChI=1S/C13H21N/c1-3-10-14-13(4-2)11-12-8-6-5-7-9-12/h5-9,13-14H,3-4,10-11H2,1-2H3. The lowest BCUT2D eigenvalue weighted by atomic mass is 10.0. The summed E-state index contributed by atoms with van der Waals surface area (Å²) < 4.78 is 0. The Hall–Kier alpha value is -0.820. The van der Waals surface area contributed by atoms with E-state index in [-0.39, 0.29) is 0 Å². The topological polar surface area (TPSA) is 12.0 Å². The molecule has 14 heavy (non-hydrogen) atoms. The van der Waals surface area contributed by atoms with Gasteiger partial charge in [-0.05, 0) is 31.4 Å². The Bertz CT molecular complexity index is 230. The Balaban J connectivity index is 2.40. The average molecular weight is 191 g/mol. The van der Waals surface area contributed by atoms with Gasteiger partial charge in [0.05, 0.1) is 0 Å². The summed E-state index contributed by atoms with van der Waals surface area (Å²) in [7, 11) is 0. The Morgan fingerprint density at radius 1 is 1.14 bits per heavy atom. The fraction of sp³-hybridized carbons (Fsp3) is 0.538. The third kappa shape index (κ3) is 3.93. The highest BCUT2D eigenvalue weighted by atomic mass is 14.9. The first-order chi connectivity index (χ1) is 6.86. The predicted molar refractivity (Wildman–Crippen MR) is 62.5 cm³/mol. The molecule has 1 heteroatoms. The molecular formula is C13H21N. The fourth-order valence-electron chi connectivity index (χ4n) is 1.61. The molecule has 1 unspecified atom stereocenters. The van der Waals surface area contributed by atoms with Crippen LogP contribution in [0.1, 0.15) is 32.3 Å². The van der Waals surface area contributed by atoms with Crippen molar-refractivity contribution < 1.29 is 0 Å². The third-order valence-corrected chi connectivity index (χ3v) is 2.50. The second kappa shape index (κ2) is 6.61. The van der Waals surface area contributed by atoms with Crippen LogP contribution in [0.2, 0.25) is 0 Å². The van der Waals surface area contributed by atoms with Crippen molar-refractivity contribution in [3.8, 4) is 0 Å². The van der Waals surface area contributed by atoms with Crippen molar-refractivity contribution in [3.05, 3.63) is 35.9 Å². The highest BCUT2D eigenvalue weighted by Crippen LogP contribution is 2.05. The highest BCUT2D eigenvalue weighted by molar-refractivity contribution is 5.15. The largest absolute Gasteiger partial charge is 0.314 e. The van der Waals surface area contributed by atoms with Crippen molar-refractivity contribution in [1.29, 1.82) is 0 Å². The van der Waals surface area contributed by atoms with E-state index in [1.807, 2.05) is 0 Å². The molecule has 1 N–H and O–H groups in total. The molecule has 0 saturated heterocycles. The maximum atomic E-state index is 3.57. The molecule has 1 nitrogen and oxygen atoms in total. The van der Waals surface area contributed by atoms with E-state index in [4.69, 9.17) is 0 Å². The second-order valence-corrected chi connectivity index (χ2v) is 3.75. The SMILES string of the molecule is CCCNC(CC)Cc1ccccc1. The van der Waals surface area contributed by atoms with Crippen LogP contribution in [0.3, 0.4) is 0 Å². The normalized spacial score (nSPS) is 12.7. The van der Waals surface area contributed by atoms with Crippen molar-refractivity contribution in [1.82, 2.24) is 5.32 Å². The van der Waals surface area contributed by atoms with Gasteiger partial charge in [-0.25, -0.2) is 0 Å². The predicted octanol–water partition coefficient (Wildman–Crippen LogP) is 3.01. The van der Waals surface area contributed by atoms with Gasteiger partial charge in [0.1, 0.15) is 0 Å². The first kappa shape index (κ1) is 11.3. The molecule has 1 aromatic carbocycles. The summed E-state index contributed by atoms with van der Waals surface area (Å²) in [6, 6.07) is 11.3. The van der Waals surface area contributed by atoms with Crippen molar-refractivity contribution in [3.63, 3.8) is 0 Å². The van der Waals surface area contributed by atoms with Crippen molar-refractivity contribution >= 4 is 0 Å². The fourth-order valence-corrected chi connectivity index (χ4v) is 1.61. The first-order valence-electron chi connectivity index (χ1n) is 5.64. The van der Waals surface area contributed by atoms with Crippen LogP contribution in [0.5, 0.6) is 0 Å². The van der Waals surface area contributed by atoms with Crippen molar-refractivity contribution in [2.24, 2.45) is 0 Å². The van der Waals surface area contributed by atoms with Crippen molar-refractivity contribution in [2.75, 3.05) is 6.54 Å². The molecule has 1 aromatic rings. The smallest absolute Gasteiger partial charge is 0.0105 e. The van der Waals surface area contributed by atoms with E-state index in [1.165, 1.54) is 18.4 Å². The summed E-state index contributed by atoms with van der Waals surface area (Å²) in [5, 5.41) is 3.57. The van der Waals surface area contributed by atoms with Gasteiger partial charge in [-0.3, -0.25) is 0 Å². The summed E-state index contributed by atoms with van der Waals surface area (Å²) in [6.07, 6.45) is 3.57. The lowest BCUT2D eigenvalue weighted by molar-refractivity contribution is 0.495. The Morgan fingerprint density at radius 2 is 1.86 bits per heavy atom. The highest BCUT2D eigenvalue weighted by Gasteiger charge is 2.04. The monoisotopic (exact) mass is 191 g/mol. The van der Waals surface area contributed by atoms with Gasteiger partial charge in [0, 0.05) is 6.04 Å². The minimum atomic E-state index is 0.636. The zero-order chi connectivity index (χ0) is 10.2. The molecule has 1 rings (SSSR count). The van der Waals surface area contributed by atoms with Gasteiger partial charge in [-0.1, -0.05) is 44.2 Å². The third-order valence-electron chi connectivity index (χ3n) is 2.50. The number of hydrogen-bond donors (Lipinski definition) is 1. The van der Waals surface area contributed by atoms with Gasteiger partial charge < -0.3 is 5.32 Å². The maximum absolute atomic E-state index is 3.57. The van der Waals surface area contributed by atoms with Crippen LogP contribution in [-0.4, -0.2) is 12.6 Å². The number of benzene rings is 1. The minimum Gasteiger partial charge on any atom is -0.314 e. The molecule has 1 atom stereocenters. The molecule has 0 fully saturated rings. The Kier molecular flexibility index (Phi) is 5.31. The molecule has 78 valence electrons. The molecular weight excluding hydrogens is 170 g/mol. The van der Waals surface area contributed by atoms with E-state index >= 15 is 0 Å². The second-order valence-electron chi connectivity index (χ2n) is 3.75. The summed E-state index contributed by atoms with van der Waals surface area (Å²) >= 11 is 0. The molecule has 0 aromatic heterocycles. The van der Waals surface area contributed by atoms with Crippen LogP contribution in [0.15, 0.2) is 30.3 Å². The van der Waals surface area contributed by atoms with Crippen LogP contribution >= 0.6 is 0 Å².